The molecule has 0 unspecified atom stereocenters. The quantitative estimate of drug-likeness (QED) is 0.749. The van der Waals surface area contributed by atoms with Crippen molar-refractivity contribution in [1.29, 1.82) is 0 Å². The molecule has 1 aromatic heterocycles. The molecule has 1 aliphatic heterocycles. The second-order valence-corrected chi connectivity index (χ2v) is 6.62. The first-order valence-corrected chi connectivity index (χ1v) is 9.03. The zero-order chi connectivity index (χ0) is 20.5. The van der Waals surface area contributed by atoms with E-state index in [1.54, 1.807) is 7.11 Å². The molecule has 8 nitrogen and oxygen atoms in total. The van der Waals surface area contributed by atoms with Gasteiger partial charge in [-0.1, -0.05) is 12.1 Å². The molecule has 0 bridgehead atoms. The van der Waals surface area contributed by atoms with Gasteiger partial charge < -0.3 is 19.5 Å². The van der Waals surface area contributed by atoms with Gasteiger partial charge in [0.2, 0.25) is 0 Å². The van der Waals surface area contributed by atoms with E-state index in [2.05, 4.69) is 57.9 Å². The Hall–Kier alpha value is -2.84. The molecule has 0 radical (unpaired) electrons. The highest BCUT2D eigenvalue weighted by atomic mass is 16.5. The van der Waals surface area contributed by atoms with Gasteiger partial charge in [-0.2, -0.15) is 0 Å². The molecule has 0 spiro atoms. The lowest BCUT2D eigenvalue weighted by Crippen LogP contribution is -2.45. The number of carbonyl (C=O) groups is 2. The van der Waals surface area contributed by atoms with Crippen LogP contribution in [0.5, 0.6) is 5.75 Å². The molecule has 1 fully saturated rings. The van der Waals surface area contributed by atoms with Crippen LogP contribution in [0.15, 0.2) is 42.6 Å². The first-order chi connectivity index (χ1) is 13.4. The molecule has 8 heteroatoms. The van der Waals surface area contributed by atoms with Crippen LogP contribution in [-0.4, -0.2) is 69.8 Å². The van der Waals surface area contributed by atoms with Gasteiger partial charge in [-0.3, -0.25) is 9.80 Å². The lowest BCUT2D eigenvalue weighted by molar-refractivity contribution is -0.159. The van der Waals surface area contributed by atoms with Gasteiger partial charge in [0.25, 0.3) is 0 Å². The number of aryl methyl sites for hydroxylation is 1. The van der Waals surface area contributed by atoms with Crippen molar-refractivity contribution < 1.29 is 24.5 Å². The van der Waals surface area contributed by atoms with E-state index in [1.165, 1.54) is 11.3 Å². The predicted octanol–water partition coefficient (Wildman–Crippen LogP) is 1.51. The normalized spacial score (nSPS) is 14.8. The molecule has 2 heterocycles. The maximum atomic E-state index is 9.10. The Morgan fingerprint density at radius 2 is 1.57 bits per heavy atom. The number of nitrogens with zero attached hydrogens (tertiary/aromatic N) is 3. The maximum absolute atomic E-state index is 9.10. The summed E-state index contributed by atoms with van der Waals surface area (Å²) in [6.45, 7) is 6.58. The number of hydrogen-bond acceptors (Lipinski definition) is 5. The number of aromatic nitrogens is 1. The van der Waals surface area contributed by atoms with E-state index >= 15 is 0 Å². The van der Waals surface area contributed by atoms with Crippen LogP contribution in [0.3, 0.4) is 0 Å². The Labute approximate surface area is 164 Å². The highest BCUT2D eigenvalue weighted by molar-refractivity contribution is 6.27. The number of hydrogen-bond donors (Lipinski definition) is 2. The van der Waals surface area contributed by atoms with Gasteiger partial charge in [-0.15, -0.1) is 0 Å². The molecule has 1 aliphatic rings. The lowest BCUT2D eigenvalue weighted by Gasteiger charge is -2.34. The topological polar surface area (TPSA) is 95.2 Å². The van der Waals surface area contributed by atoms with Crippen LogP contribution in [0.1, 0.15) is 11.3 Å². The summed E-state index contributed by atoms with van der Waals surface area (Å²) in [4.78, 5) is 23.3. The summed E-state index contributed by atoms with van der Waals surface area (Å²) in [7, 11) is 3.84. The Bertz CT molecular complexity index is 770. The van der Waals surface area contributed by atoms with Crippen molar-refractivity contribution >= 4 is 11.9 Å². The highest BCUT2D eigenvalue weighted by Gasteiger charge is 2.17. The predicted molar refractivity (Wildman–Crippen MR) is 104 cm³/mol. The van der Waals surface area contributed by atoms with Crippen LogP contribution in [-0.2, 0) is 29.7 Å². The molecule has 1 saturated heterocycles. The molecule has 0 aliphatic carbocycles. The number of rotatable bonds is 5. The molecule has 28 heavy (non-hydrogen) atoms. The van der Waals surface area contributed by atoms with Crippen molar-refractivity contribution in [1.82, 2.24) is 14.4 Å². The number of aliphatic carboxylic acids is 2. The monoisotopic (exact) mass is 389 g/mol. The van der Waals surface area contributed by atoms with Gasteiger partial charge in [-0.25, -0.2) is 9.59 Å². The van der Waals surface area contributed by atoms with E-state index < -0.39 is 11.9 Å². The van der Waals surface area contributed by atoms with Gasteiger partial charge in [0.05, 0.1) is 7.11 Å². The third-order valence-corrected chi connectivity index (χ3v) is 4.63. The Balaban J connectivity index is 0.000000409. The summed E-state index contributed by atoms with van der Waals surface area (Å²) in [5.74, 6) is -2.70. The van der Waals surface area contributed by atoms with E-state index in [-0.39, 0.29) is 0 Å². The lowest BCUT2D eigenvalue weighted by atomic mass is 10.2. The number of methoxy groups -OCH3 is 1. The fourth-order valence-corrected chi connectivity index (χ4v) is 3.02. The summed E-state index contributed by atoms with van der Waals surface area (Å²) in [6, 6.07) is 12.7. The SMILES string of the molecule is COc1cccc(CN2CCN(Cc3cccn3C)CC2)c1.O=C(O)C(=O)O. The number of benzene rings is 1. The van der Waals surface area contributed by atoms with Gasteiger partial charge in [-0.05, 0) is 29.8 Å². The average molecular weight is 389 g/mol. The number of carboxylic acid groups (broad SMARTS) is 2. The summed E-state index contributed by atoms with van der Waals surface area (Å²) >= 11 is 0. The zero-order valence-corrected chi connectivity index (χ0v) is 16.2. The smallest absolute Gasteiger partial charge is 0.414 e. The fraction of sp³-hybridized carbons (Fsp3) is 0.400. The fourth-order valence-electron chi connectivity index (χ4n) is 3.02. The third kappa shape index (κ3) is 6.71. The minimum atomic E-state index is -1.82. The molecule has 0 amide bonds. The van der Waals surface area contributed by atoms with Crippen LogP contribution in [0.25, 0.3) is 0 Å². The van der Waals surface area contributed by atoms with Crippen molar-refractivity contribution in [2.75, 3.05) is 33.3 Å². The molecular weight excluding hydrogens is 362 g/mol. The van der Waals surface area contributed by atoms with Gasteiger partial charge in [0.1, 0.15) is 5.75 Å². The number of carboxylic acids is 2. The van der Waals surface area contributed by atoms with Crippen LogP contribution in [0.4, 0.5) is 0 Å². The Kier molecular flexibility index (Phi) is 8.03. The minimum absolute atomic E-state index is 0.944. The number of piperazine rings is 1. The van der Waals surface area contributed by atoms with Crippen molar-refractivity contribution in [3.63, 3.8) is 0 Å². The van der Waals surface area contributed by atoms with Crippen LogP contribution in [0.2, 0.25) is 0 Å². The number of ether oxygens (including phenoxy) is 1. The van der Waals surface area contributed by atoms with Crippen molar-refractivity contribution in [2.24, 2.45) is 7.05 Å². The van der Waals surface area contributed by atoms with Gasteiger partial charge >= 0.3 is 11.9 Å². The first-order valence-electron chi connectivity index (χ1n) is 9.03. The summed E-state index contributed by atoms with van der Waals surface area (Å²) in [6.07, 6.45) is 2.12. The standard InChI is InChI=1S/C18H25N3O.C2H2O4/c1-19-8-4-6-17(19)15-21-11-9-20(10-12-21)14-16-5-3-7-18(13-16)22-2;3-1(4)2(5)6/h3-8,13H,9-12,14-15H2,1-2H3;(H,3,4)(H,5,6). The zero-order valence-electron chi connectivity index (χ0n) is 16.2. The molecule has 3 rings (SSSR count). The summed E-state index contributed by atoms with van der Waals surface area (Å²) < 4.78 is 7.51. The molecule has 2 aromatic rings. The average Bonchev–Trinajstić information content (AvgIpc) is 3.08. The summed E-state index contributed by atoms with van der Waals surface area (Å²) in [5.41, 5.74) is 2.72. The molecule has 0 saturated carbocycles. The Morgan fingerprint density at radius 1 is 0.964 bits per heavy atom. The second-order valence-electron chi connectivity index (χ2n) is 6.62. The van der Waals surface area contributed by atoms with Crippen LogP contribution >= 0.6 is 0 Å². The summed E-state index contributed by atoms with van der Waals surface area (Å²) in [5, 5.41) is 14.8. The Morgan fingerprint density at radius 3 is 2.07 bits per heavy atom. The van der Waals surface area contributed by atoms with E-state index in [1.807, 2.05) is 6.07 Å². The molecule has 0 atom stereocenters. The molecule has 1 aromatic carbocycles. The third-order valence-electron chi connectivity index (χ3n) is 4.63. The highest BCUT2D eigenvalue weighted by Crippen LogP contribution is 2.16. The molecular formula is C20H27N3O5. The second kappa shape index (κ2) is 10.5. The van der Waals surface area contributed by atoms with Crippen molar-refractivity contribution in [3.8, 4) is 5.75 Å². The van der Waals surface area contributed by atoms with E-state index in [0.29, 0.717) is 0 Å². The van der Waals surface area contributed by atoms with Crippen molar-refractivity contribution in [3.05, 3.63) is 53.9 Å². The first kappa shape index (κ1) is 21.5. The largest absolute Gasteiger partial charge is 0.497 e. The van der Waals surface area contributed by atoms with E-state index in [4.69, 9.17) is 24.5 Å². The van der Waals surface area contributed by atoms with Crippen LogP contribution < -0.4 is 4.74 Å². The van der Waals surface area contributed by atoms with Crippen LogP contribution in [0, 0.1) is 0 Å². The molecule has 2 N–H and O–H groups in total. The molecule has 152 valence electrons. The van der Waals surface area contributed by atoms with Gasteiger partial charge in [0, 0.05) is 58.2 Å². The minimum Gasteiger partial charge on any atom is -0.497 e. The maximum Gasteiger partial charge on any atom is 0.414 e. The van der Waals surface area contributed by atoms with E-state index in [9.17, 15) is 0 Å². The van der Waals surface area contributed by atoms with Crippen molar-refractivity contribution in [2.45, 2.75) is 13.1 Å². The van der Waals surface area contributed by atoms with Gasteiger partial charge in [0.15, 0.2) is 0 Å². The van der Waals surface area contributed by atoms with E-state index in [0.717, 1.165) is 45.0 Å².